The van der Waals surface area contributed by atoms with Crippen LogP contribution in [0.2, 0.25) is 0 Å². The van der Waals surface area contributed by atoms with Gasteiger partial charge in [0, 0.05) is 25.0 Å². The van der Waals surface area contributed by atoms with Gasteiger partial charge in [-0.2, -0.15) is 0 Å². The van der Waals surface area contributed by atoms with Gasteiger partial charge in [-0.25, -0.2) is 0 Å². The molecule has 2 rings (SSSR count). The fraction of sp³-hybridized carbons (Fsp3) is 0.267. The van der Waals surface area contributed by atoms with Crippen LogP contribution in [0.15, 0.2) is 42.6 Å². The predicted octanol–water partition coefficient (Wildman–Crippen LogP) is 2.06. The Morgan fingerprint density at radius 3 is 2.68 bits per heavy atom. The molecule has 0 atom stereocenters. The molecule has 0 fully saturated rings. The van der Waals surface area contributed by atoms with Gasteiger partial charge in [-0.05, 0) is 43.2 Å². The first-order valence-electron chi connectivity index (χ1n) is 6.48. The number of amides is 1. The van der Waals surface area contributed by atoms with Crippen molar-refractivity contribution in [3.8, 4) is 0 Å². The molecule has 1 amide bonds. The Hall–Kier alpha value is -2.23. The number of rotatable bonds is 5. The summed E-state index contributed by atoms with van der Waals surface area (Å²) < 4.78 is 1.93. The lowest BCUT2D eigenvalue weighted by molar-refractivity contribution is 0.0945. The number of hydrogen-bond acceptors (Lipinski definition) is 2. The zero-order chi connectivity index (χ0) is 13.7. The molecule has 0 radical (unpaired) electrons. The van der Waals surface area contributed by atoms with E-state index in [-0.39, 0.29) is 5.91 Å². The smallest absolute Gasteiger partial charge is 0.267 e. The summed E-state index contributed by atoms with van der Waals surface area (Å²) in [5, 5.41) is 2.93. The van der Waals surface area contributed by atoms with Gasteiger partial charge in [-0.15, -0.1) is 0 Å². The van der Waals surface area contributed by atoms with Crippen molar-refractivity contribution in [2.75, 3.05) is 12.3 Å². The monoisotopic (exact) mass is 257 g/mol. The normalized spacial score (nSPS) is 10.4. The summed E-state index contributed by atoms with van der Waals surface area (Å²) in [6.07, 6.45) is 2.72. The second-order valence-electron chi connectivity index (χ2n) is 4.43. The van der Waals surface area contributed by atoms with E-state index in [1.807, 2.05) is 54.1 Å². The Morgan fingerprint density at radius 1 is 1.26 bits per heavy atom. The van der Waals surface area contributed by atoms with Gasteiger partial charge in [0.15, 0.2) is 0 Å². The minimum atomic E-state index is -0.0257. The van der Waals surface area contributed by atoms with Crippen molar-refractivity contribution in [3.05, 3.63) is 53.9 Å². The van der Waals surface area contributed by atoms with Crippen LogP contribution in [0.4, 0.5) is 5.69 Å². The quantitative estimate of drug-likeness (QED) is 0.805. The molecule has 1 heterocycles. The van der Waals surface area contributed by atoms with Gasteiger partial charge in [0.05, 0.1) is 0 Å². The van der Waals surface area contributed by atoms with E-state index in [1.54, 1.807) is 0 Å². The number of nitrogens with zero attached hydrogens (tertiary/aromatic N) is 1. The summed E-state index contributed by atoms with van der Waals surface area (Å²) in [6, 6.07) is 11.4. The molecule has 4 nitrogen and oxygen atoms in total. The molecule has 0 saturated carbocycles. The fourth-order valence-electron chi connectivity index (χ4n) is 1.99. The van der Waals surface area contributed by atoms with Gasteiger partial charge < -0.3 is 15.6 Å². The third-order valence-electron chi connectivity index (χ3n) is 3.08. The number of aromatic nitrogens is 1. The number of nitrogens with one attached hydrogen (secondary N) is 1. The maximum absolute atomic E-state index is 12.0. The van der Waals surface area contributed by atoms with E-state index in [9.17, 15) is 4.79 Å². The summed E-state index contributed by atoms with van der Waals surface area (Å²) >= 11 is 0. The van der Waals surface area contributed by atoms with Crippen LogP contribution < -0.4 is 11.1 Å². The van der Waals surface area contributed by atoms with Crippen molar-refractivity contribution in [1.82, 2.24) is 9.88 Å². The van der Waals surface area contributed by atoms with E-state index >= 15 is 0 Å². The number of nitrogen functional groups attached to an aromatic ring is 1. The summed E-state index contributed by atoms with van der Waals surface area (Å²) in [5.41, 5.74) is 8.26. The number of anilines is 1. The molecule has 0 bridgehead atoms. The Balaban J connectivity index is 1.86. The van der Waals surface area contributed by atoms with E-state index in [2.05, 4.69) is 5.32 Å². The van der Waals surface area contributed by atoms with Crippen LogP contribution in [-0.2, 0) is 13.0 Å². The van der Waals surface area contributed by atoms with Crippen LogP contribution in [0.5, 0.6) is 0 Å². The van der Waals surface area contributed by atoms with Crippen LogP contribution in [0.3, 0.4) is 0 Å². The Bertz CT molecular complexity index is 543. The largest absolute Gasteiger partial charge is 0.399 e. The maximum atomic E-state index is 12.0. The Kier molecular flexibility index (Phi) is 4.23. The number of benzene rings is 1. The molecule has 1 aromatic heterocycles. The highest BCUT2D eigenvalue weighted by molar-refractivity contribution is 5.92. The molecule has 4 heteroatoms. The molecule has 100 valence electrons. The van der Waals surface area contributed by atoms with Crippen LogP contribution >= 0.6 is 0 Å². The minimum Gasteiger partial charge on any atom is -0.399 e. The molecular formula is C15H19N3O. The van der Waals surface area contributed by atoms with E-state index < -0.39 is 0 Å². The zero-order valence-corrected chi connectivity index (χ0v) is 11.1. The Labute approximate surface area is 113 Å². The second-order valence-corrected chi connectivity index (χ2v) is 4.43. The summed E-state index contributed by atoms with van der Waals surface area (Å²) in [7, 11) is 0. The van der Waals surface area contributed by atoms with Gasteiger partial charge in [-0.1, -0.05) is 12.1 Å². The first-order valence-corrected chi connectivity index (χ1v) is 6.48. The topological polar surface area (TPSA) is 60.0 Å². The lowest BCUT2D eigenvalue weighted by Gasteiger charge is -2.08. The highest BCUT2D eigenvalue weighted by Gasteiger charge is 2.08. The molecule has 0 aliphatic heterocycles. The number of carbonyl (C=O) groups is 1. The van der Waals surface area contributed by atoms with Gasteiger partial charge in [0.1, 0.15) is 5.69 Å². The van der Waals surface area contributed by atoms with E-state index in [0.717, 1.165) is 18.7 Å². The average Bonchev–Trinajstić information content (AvgIpc) is 2.89. The van der Waals surface area contributed by atoms with Crippen molar-refractivity contribution >= 4 is 11.6 Å². The van der Waals surface area contributed by atoms with Crippen LogP contribution in [0, 0.1) is 0 Å². The standard InChI is InChI=1S/C15H19N3O/c1-2-18-11-3-4-14(18)15(19)17-10-9-12-5-7-13(16)8-6-12/h3-8,11H,2,9-10,16H2,1H3,(H,17,19). The molecule has 0 spiro atoms. The minimum absolute atomic E-state index is 0.0257. The SMILES string of the molecule is CCn1cccc1C(=O)NCCc1ccc(N)cc1. The first-order chi connectivity index (χ1) is 9.20. The number of carbonyl (C=O) groups excluding carboxylic acids is 1. The number of hydrogen-bond donors (Lipinski definition) is 2. The van der Waals surface area contributed by atoms with Crippen molar-refractivity contribution in [3.63, 3.8) is 0 Å². The lowest BCUT2D eigenvalue weighted by Crippen LogP contribution is -2.27. The second kappa shape index (κ2) is 6.09. The molecule has 1 aromatic carbocycles. The first kappa shape index (κ1) is 13.2. The van der Waals surface area contributed by atoms with Crippen LogP contribution in [0.25, 0.3) is 0 Å². The highest BCUT2D eigenvalue weighted by Crippen LogP contribution is 2.06. The Morgan fingerprint density at radius 2 is 2.00 bits per heavy atom. The van der Waals surface area contributed by atoms with Gasteiger partial charge >= 0.3 is 0 Å². The van der Waals surface area contributed by atoms with E-state index in [1.165, 1.54) is 5.56 Å². The highest BCUT2D eigenvalue weighted by atomic mass is 16.1. The van der Waals surface area contributed by atoms with Crippen LogP contribution in [0.1, 0.15) is 23.0 Å². The molecule has 0 aliphatic carbocycles. The predicted molar refractivity (Wildman–Crippen MR) is 77.0 cm³/mol. The molecule has 0 aliphatic rings. The molecule has 0 saturated heterocycles. The van der Waals surface area contributed by atoms with Crippen molar-refractivity contribution < 1.29 is 4.79 Å². The summed E-state index contributed by atoms with van der Waals surface area (Å²) in [4.78, 5) is 12.0. The van der Waals surface area contributed by atoms with Gasteiger partial charge in [0.2, 0.25) is 0 Å². The third-order valence-corrected chi connectivity index (χ3v) is 3.08. The number of aryl methyl sites for hydroxylation is 1. The van der Waals surface area contributed by atoms with Crippen molar-refractivity contribution in [1.29, 1.82) is 0 Å². The third kappa shape index (κ3) is 3.37. The van der Waals surface area contributed by atoms with E-state index in [4.69, 9.17) is 5.73 Å². The lowest BCUT2D eigenvalue weighted by atomic mass is 10.1. The molecule has 0 unspecified atom stereocenters. The fourth-order valence-corrected chi connectivity index (χ4v) is 1.99. The van der Waals surface area contributed by atoms with Gasteiger partial charge in [-0.3, -0.25) is 4.79 Å². The molecule has 3 N–H and O–H groups in total. The summed E-state index contributed by atoms with van der Waals surface area (Å²) in [6.45, 7) is 3.44. The van der Waals surface area contributed by atoms with Crippen molar-refractivity contribution in [2.24, 2.45) is 0 Å². The molecule has 19 heavy (non-hydrogen) atoms. The van der Waals surface area contributed by atoms with E-state index in [0.29, 0.717) is 12.2 Å². The van der Waals surface area contributed by atoms with Crippen LogP contribution in [-0.4, -0.2) is 17.0 Å². The van der Waals surface area contributed by atoms with Gasteiger partial charge in [0.25, 0.3) is 5.91 Å². The maximum Gasteiger partial charge on any atom is 0.267 e. The van der Waals surface area contributed by atoms with Crippen molar-refractivity contribution in [2.45, 2.75) is 19.9 Å². The molecule has 2 aromatic rings. The number of nitrogens with two attached hydrogens (primary N) is 1. The zero-order valence-electron chi connectivity index (χ0n) is 11.1. The molecular weight excluding hydrogens is 238 g/mol. The summed E-state index contributed by atoms with van der Waals surface area (Å²) in [5.74, 6) is -0.0257. The average molecular weight is 257 g/mol.